The summed E-state index contributed by atoms with van der Waals surface area (Å²) in [6.45, 7) is 8.47. The Hall–Kier alpha value is -1.95. The zero-order valence-electron chi connectivity index (χ0n) is 17.6. The van der Waals surface area contributed by atoms with Crippen molar-refractivity contribution in [2.45, 2.75) is 32.7 Å². The highest BCUT2D eigenvalue weighted by atomic mass is 16.5. The molecule has 0 amide bonds. The van der Waals surface area contributed by atoms with E-state index in [1.807, 2.05) is 6.92 Å². The first kappa shape index (κ1) is 20.8. The Bertz CT molecular complexity index is 752. The summed E-state index contributed by atoms with van der Waals surface area (Å²) in [5, 5.41) is 0. The van der Waals surface area contributed by atoms with Gasteiger partial charge in [0.25, 0.3) is 0 Å². The van der Waals surface area contributed by atoms with Gasteiger partial charge >= 0.3 is 0 Å². The van der Waals surface area contributed by atoms with Crippen molar-refractivity contribution in [2.75, 3.05) is 52.7 Å². The normalized spacial score (nSPS) is 15.8. The highest BCUT2D eigenvalue weighted by Crippen LogP contribution is 2.20. The van der Waals surface area contributed by atoms with Crippen molar-refractivity contribution in [3.05, 3.63) is 58.3 Å². The van der Waals surface area contributed by atoms with Crippen LogP contribution in [0.25, 0.3) is 0 Å². The van der Waals surface area contributed by atoms with E-state index in [-0.39, 0.29) is 0 Å². The monoisotopic (exact) mass is 382 g/mol. The number of nitrogen functional groups attached to an aromatic ring is 1. The summed E-state index contributed by atoms with van der Waals surface area (Å²) in [6, 6.07) is 11.3. The first-order chi connectivity index (χ1) is 13.5. The molecule has 2 heterocycles. The number of aromatic nitrogens is 1. The van der Waals surface area contributed by atoms with E-state index in [9.17, 15) is 0 Å². The minimum absolute atomic E-state index is 0.653. The molecular weight excluding hydrogens is 348 g/mol. The van der Waals surface area contributed by atoms with E-state index < -0.39 is 0 Å². The molecule has 0 unspecified atom stereocenters. The van der Waals surface area contributed by atoms with Gasteiger partial charge in [0.2, 0.25) is 0 Å². The van der Waals surface area contributed by atoms with Crippen molar-refractivity contribution >= 4 is 5.82 Å². The summed E-state index contributed by atoms with van der Waals surface area (Å²) in [4.78, 5) is 9.51. The van der Waals surface area contributed by atoms with Gasteiger partial charge in [0.05, 0.1) is 0 Å². The van der Waals surface area contributed by atoms with Gasteiger partial charge in [0, 0.05) is 52.1 Å². The van der Waals surface area contributed by atoms with Crippen LogP contribution in [0.2, 0.25) is 0 Å². The molecule has 5 nitrogen and oxygen atoms in total. The lowest BCUT2D eigenvalue weighted by Gasteiger charge is -2.32. The number of hydrogen-bond donors (Lipinski definition) is 1. The predicted molar refractivity (Wildman–Crippen MR) is 116 cm³/mol. The van der Waals surface area contributed by atoms with E-state index in [2.05, 4.69) is 52.2 Å². The summed E-state index contributed by atoms with van der Waals surface area (Å²) in [6.07, 6.45) is 2.76. The first-order valence-corrected chi connectivity index (χ1v) is 10.3. The molecule has 5 heteroatoms. The molecule has 1 aromatic carbocycles. The number of nitrogens with zero attached hydrogens (tertiary/aromatic N) is 3. The predicted octanol–water partition coefficient (Wildman–Crippen LogP) is 2.89. The standard InChI is InChI=1S/C23H34N4O/c1-18-22(16-21(23(24)25-18)5-4-14-28-3)15-19-6-8-20(9-7-19)17-27-12-10-26(2)11-13-27/h6-9,16H,4-5,10-15,17H2,1-3H3,(H2,24,25). The number of likely N-dealkylation sites (N-methyl/N-ethyl adjacent to an activating group) is 1. The number of hydrogen-bond acceptors (Lipinski definition) is 5. The van der Waals surface area contributed by atoms with Crippen molar-refractivity contribution in [3.8, 4) is 0 Å². The lowest BCUT2D eigenvalue weighted by molar-refractivity contribution is 0.148. The van der Waals surface area contributed by atoms with Crippen LogP contribution in [0, 0.1) is 6.92 Å². The van der Waals surface area contributed by atoms with Crippen LogP contribution in [0.3, 0.4) is 0 Å². The van der Waals surface area contributed by atoms with Crippen LogP contribution in [-0.2, 0) is 24.1 Å². The van der Waals surface area contributed by atoms with Gasteiger partial charge in [-0.05, 0) is 55.5 Å². The minimum Gasteiger partial charge on any atom is -0.385 e. The number of benzene rings is 1. The molecule has 0 saturated carbocycles. The van der Waals surface area contributed by atoms with Crippen LogP contribution in [0.5, 0.6) is 0 Å². The minimum atomic E-state index is 0.653. The fourth-order valence-electron chi connectivity index (χ4n) is 3.75. The van der Waals surface area contributed by atoms with Gasteiger partial charge in [-0.1, -0.05) is 30.3 Å². The molecule has 1 aromatic heterocycles. The number of pyridine rings is 1. The molecule has 1 saturated heterocycles. The molecule has 2 aromatic rings. The Labute approximate surface area is 169 Å². The molecule has 2 N–H and O–H groups in total. The van der Waals surface area contributed by atoms with Gasteiger partial charge in [-0.2, -0.15) is 0 Å². The maximum Gasteiger partial charge on any atom is 0.126 e. The average Bonchev–Trinajstić information content (AvgIpc) is 2.68. The zero-order chi connectivity index (χ0) is 19.9. The summed E-state index contributed by atoms with van der Waals surface area (Å²) in [5.41, 5.74) is 12.2. The Balaban J connectivity index is 1.62. The van der Waals surface area contributed by atoms with E-state index in [0.29, 0.717) is 5.82 Å². The van der Waals surface area contributed by atoms with E-state index >= 15 is 0 Å². The summed E-state index contributed by atoms with van der Waals surface area (Å²) >= 11 is 0. The van der Waals surface area contributed by atoms with Crippen LogP contribution in [0.15, 0.2) is 30.3 Å². The largest absolute Gasteiger partial charge is 0.385 e. The van der Waals surface area contributed by atoms with E-state index in [1.165, 1.54) is 16.7 Å². The fraction of sp³-hybridized carbons (Fsp3) is 0.522. The second-order valence-electron chi connectivity index (χ2n) is 7.95. The van der Waals surface area contributed by atoms with Gasteiger partial charge < -0.3 is 15.4 Å². The van der Waals surface area contributed by atoms with Gasteiger partial charge in [-0.15, -0.1) is 0 Å². The number of piperazine rings is 1. The number of nitrogens with two attached hydrogens (primary N) is 1. The molecule has 0 aliphatic carbocycles. The maximum atomic E-state index is 6.12. The average molecular weight is 383 g/mol. The molecule has 0 radical (unpaired) electrons. The summed E-state index contributed by atoms with van der Waals surface area (Å²) in [7, 11) is 3.93. The van der Waals surface area contributed by atoms with Crippen LogP contribution in [0.1, 0.15) is 34.4 Å². The van der Waals surface area contributed by atoms with Crippen LogP contribution >= 0.6 is 0 Å². The molecule has 3 rings (SSSR count). The Morgan fingerprint density at radius 3 is 2.39 bits per heavy atom. The lowest BCUT2D eigenvalue weighted by Crippen LogP contribution is -2.43. The van der Waals surface area contributed by atoms with Crippen molar-refractivity contribution in [1.29, 1.82) is 0 Å². The van der Waals surface area contributed by atoms with Crippen molar-refractivity contribution in [3.63, 3.8) is 0 Å². The van der Waals surface area contributed by atoms with Gasteiger partial charge in [-0.3, -0.25) is 4.90 Å². The van der Waals surface area contributed by atoms with E-state index in [1.54, 1.807) is 7.11 Å². The highest BCUT2D eigenvalue weighted by molar-refractivity contribution is 5.45. The Morgan fingerprint density at radius 2 is 1.71 bits per heavy atom. The number of anilines is 1. The third kappa shape index (κ3) is 5.77. The van der Waals surface area contributed by atoms with Gasteiger partial charge in [-0.25, -0.2) is 4.98 Å². The molecule has 0 atom stereocenters. The lowest BCUT2D eigenvalue weighted by atomic mass is 9.99. The van der Waals surface area contributed by atoms with E-state index in [4.69, 9.17) is 10.5 Å². The smallest absolute Gasteiger partial charge is 0.126 e. The number of methoxy groups -OCH3 is 1. The summed E-state index contributed by atoms with van der Waals surface area (Å²) < 4.78 is 5.16. The molecule has 1 fully saturated rings. The SMILES string of the molecule is COCCCc1cc(Cc2ccc(CN3CCN(C)CC3)cc2)c(C)nc1N. The second kappa shape index (κ2) is 10.0. The molecule has 0 bridgehead atoms. The third-order valence-electron chi connectivity index (χ3n) is 5.64. The Kier molecular flexibility index (Phi) is 7.43. The second-order valence-corrected chi connectivity index (χ2v) is 7.95. The Morgan fingerprint density at radius 1 is 1.04 bits per heavy atom. The molecule has 28 heavy (non-hydrogen) atoms. The van der Waals surface area contributed by atoms with Crippen LogP contribution < -0.4 is 5.73 Å². The zero-order valence-corrected chi connectivity index (χ0v) is 17.6. The topological polar surface area (TPSA) is 54.6 Å². The molecule has 0 spiro atoms. The third-order valence-corrected chi connectivity index (χ3v) is 5.64. The number of ether oxygens (including phenoxy) is 1. The fourth-order valence-corrected chi connectivity index (χ4v) is 3.75. The molecule has 1 aliphatic rings. The number of aryl methyl sites for hydroxylation is 2. The van der Waals surface area contributed by atoms with Crippen molar-refractivity contribution in [1.82, 2.24) is 14.8 Å². The highest BCUT2D eigenvalue weighted by Gasteiger charge is 2.14. The molecule has 1 aliphatic heterocycles. The quantitative estimate of drug-likeness (QED) is 0.712. The van der Waals surface area contributed by atoms with Gasteiger partial charge in [0.1, 0.15) is 5.82 Å². The molecule has 152 valence electrons. The molecular formula is C23H34N4O. The van der Waals surface area contributed by atoms with E-state index in [0.717, 1.165) is 69.9 Å². The van der Waals surface area contributed by atoms with Crippen molar-refractivity contribution in [2.24, 2.45) is 0 Å². The van der Waals surface area contributed by atoms with Gasteiger partial charge in [0.15, 0.2) is 0 Å². The first-order valence-electron chi connectivity index (χ1n) is 10.3. The summed E-state index contributed by atoms with van der Waals surface area (Å²) in [5.74, 6) is 0.653. The van der Waals surface area contributed by atoms with Crippen LogP contribution in [0.4, 0.5) is 5.82 Å². The van der Waals surface area contributed by atoms with Crippen molar-refractivity contribution < 1.29 is 4.74 Å². The van der Waals surface area contributed by atoms with Crippen LogP contribution in [-0.4, -0.2) is 61.7 Å². The maximum absolute atomic E-state index is 6.12. The number of rotatable bonds is 8.